The zero-order valence-corrected chi connectivity index (χ0v) is 5.83. The molecule has 64 valence electrons. The van der Waals surface area contributed by atoms with Crippen LogP contribution in [0.4, 0.5) is 8.78 Å². The highest BCUT2D eigenvalue weighted by molar-refractivity contribution is 5.79. The summed E-state index contributed by atoms with van der Waals surface area (Å²) in [5.41, 5.74) is 0.0327. The van der Waals surface area contributed by atoms with E-state index in [1.807, 2.05) is 0 Å². The van der Waals surface area contributed by atoms with Gasteiger partial charge in [-0.2, -0.15) is 0 Å². The second-order valence-corrected chi connectivity index (χ2v) is 2.08. The van der Waals surface area contributed by atoms with Crippen LogP contribution in [-0.4, -0.2) is 16.5 Å². The second-order valence-electron chi connectivity index (χ2n) is 2.08. The highest BCUT2D eigenvalue weighted by atomic mass is 19.1. The largest absolute Gasteiger partial charge is 0.503 e. The van der Waals surface area contributed by atoms with Gasteiger partial charge in [0.2, 0.25) is 0 Å². The number of benzene rings is 1. The smallest absolute Gasteiger partial charge is 0.187 e. The molecule has 2 N–H and O–H groups in total. The van der Waals surface area contributed by atoms with Crippen LogP contribution >= 0.6 is 0 Å². The summed E-state index contributed by atoms with van der Waals surface area (Å²) in [5, 5.41) is 19.3. The third kappa shape index (κ3) is 1.50. The molecule has 3 nitrogen and oxygen atoms in total. The minimum Gasteiger partial charge on any atom is -0.503 e. The van der Waals surface area contributed by atoms with Gasteiger partial charge in [-0.3, -0.25) is 0 Å². The zero-order chi connectivity index (χ0) is 9.14. The van der Waals surface area contributed by atoms with Gasteiger partial charge in [-0.15, -0.1) is 0 Å². The molecule has 0 bridgehead atoms. The van der Waals surface area contributed by atoms with Gasteiger partial charge in [-0.1, -0.05) is 5.16 Å². The molecule has 0 aliphatic rings. The van der Waals surface area contributed by atoms with E-state index in [1.165, 1.54) is 0 Å². The fourth-order valence-corrected chi connectivity index (χ4v) is 0.726. The molecule has 0 radical (unpaired) electrons. The fraction of sp³-hybridized carbons (Fsp3) is 0. The van der Waals surface area contributed by atoms with E-state index in [0.717, 1.165) is 18.3 Å². The third-order valence-electron chi connectivity index (χ3n) is 1.25. The average Bonchev–Trinajstić information content (AvgIpc) is 2.01. The maximum Gasteiger partial charge on any atom is 0.187 e. The van der Waals surface area contributed by atoms with Crippen molar-refractivity contribution in [2.75, 3.05) is 0 Å². The van der Waals surface area contributed by atoms with Crippen LogP contribution in [0.25, 0.3) is 0 Å². The van der Waals surface area contributed by atoms with Crippen LogP contribution in [-0.2, 0) is 0 Å². The summed E-state index contributed by atoms with van der Waals surface area (Å²) < 4.78 is 25.1. The van der Waals surface area contributed by atoms with Crippen molar-refractivity contribution >= 4 is 6.21 Å². The second kappa shape index (κ2) is 3.17. The number of oxime groups is 1. The molecule has 0 aliphatic heterocycles. The molecule has 0 spiro atoms. The Morgan fingerprint density at radius 2 is 1.75 bits per heavy atom. The van der Waals surface area contributed by atoms with Crippen LogP contribution in [0.1, 0.15) is 5.56 Å². The van der Waals surface area contributed by atoms with Crippen LogP contribution in [0.2, 0.25) is 0 Å². The van der Waals surface area contributed by atoms with Gasteiger partial charge in [0.1, 0.15) is 0 Å². The van der Waals surface area contributed by atoms with E-state index in [4.69, 9.17) is 10.3 Å². The molecule has 1 rings (SSSR count). The van der Waals surface area contributed by atoms with Crippen LogP contribution < -0.4 is 0 Å². The van der Waals surface area contributed by atoms with E-state index in [2.05, 4.69) is 5.16 Å². The monoisotopic (exact) mass is 173 g/mol. The maximum absolute atomic E-state index is 12.5. The quantitative estimate of drug-likeness (QED) is 0.384. The molecule has 0 heterocycles. The summed E-state index contributed by atoms with van der Waals surface area (Å²) in [4.78, 5) is 0. The van der Waals surface area contributed by atoms with Gasteiger partial charge in [0.25, 0.3) is 0 Å². The summed E-state index contributed by atoms with van der Waals surface area (Å²) in [5.74, 6) is -3.22. The molecule has 1 aromatic rings. The summed E-state index contributed by atoms with van der Waals surface area (Å²) in [6.45, 7) is 0. The number of hydrogen-bond acceptors (Lipinski definition) is 3. The Balaban J connectivity index is 3.21. The Labute approximate surface area is 66.6 Å². The first-order valence-corrected chi connectivity index (χ1v) is 3.00. The molecule has 0 amide bonds. The molecular weight excluding hydrogens is 168 g/mol. The number of rotatable bonds is 1. The molecule has 5 heteroatoms. The summed E-state index contributed by atoms with van der Waals surface area (Å²) in [7, 11) is 0. The first-order chi connectivity index (χ1) is 5.65. The van der Waals surface area contributed by atoms with Gasteiger partial charge in [-0.25, -0.2) is 8.78 Å². The Bertz CT molecular complexity index is 302. The summed E-state index contributed by atoms with van der Waals surface area (Å²) in [6, 6.07) is 1.69. The van der Waals surface area contributed by atoms with Gasteiger partial charge in [0.05, 0.1) is 6.21 Å². The van der Waals surface area contributed by atoms with Crippen LogP contribution in [0, 0.1) is 11.6 Å². The Morgan fingerprint density at radius 3 is 2.17 bits per heavy atom. The number of phenolic OH excluding ortho intramolecular Hbond substituents is 1. The lowest BCUT2D eigenvalue weighted by Crippen LogP contribution is -1.88. The molecule has 0 saturated heterocycles. The minimum atomic E-state index is -1.09. The van der Waals surface area contributed by atoms with Crippen molar-refractivity contribution < 1.29 is 19.1 Å². The topological polar surface area (TPSA) is 52.8 Å². The van der Waals surface area contributed by atoms with Gasteiger partial charge >= 0.3 is 0 Å². The van der Waals surface area contributed by atoms with Gasteiger partial charge in [0, 0.05) is 5.56 Å². The normalized spacial score (nSPS) is 10.8. The average molecular weight is 173 g/mol. The number of nitrogens with zero attached hydrogens (tertiary/aromatic N) is 1. The lowest BCUT2D eigenvalue weighted by Gasteiger charge is -1.97. The molecule has 0 aromatic heterocycles. The summed E-state index contributed by atoms with van der Waals surface area (Å²) in [6.07, 6.45) is 0.853. The van der Waals surface area contributed by atoms with Crippen molar-refractivity contribution in [3.63, 3.8) is 0 Å². The van der Waals surface area contributed by atoms with Crippen molar-refractivity contribution in [2.24, 2.45) is 5.16 Å². The lowest BCUT2D eigenvalue weighted by atomic mass is 10.2. The Morgan fingerprint density at radius 1 is 1.25 bits per heavy atom. The SMILES string of the molecule is O/N=C/c1cc(F)c(O)c(F)c1. The van der Waals surface area contributed by atoms with Crippen LogP contribution in [0.15, 0.2) is 17.3 Å². The van der Waals surface area contributed by atoms with Crippen LogP contribution in [0.5, 0.6) is 5.75 Å². The molecule has 0 unspecified atom stereocenters. The first-order valence-electron chi connectivity index (χ1n) is 3.00. The van der Waals surface area contributed by atoms with Crippen molar-refractivity contribution in [3.8, 4) is 5.75 Å². The number of phenols is 1. The van der Waals surface area contributed by atoms with Gasteiger partial charge < -0.3 is 10.3 Å². The van der Waals surface area contributed by atoms with Gasteiger partial charge in [0.15, 0.2) is 17.4 Å². The molecule has 0 saturated carbocycles. The molecule has 12 heavy (non-hydrogen) atoms. The Kier molecular flexibility index (Phi) is 2.23. The van der Waals surface area contributed by atoms with E-state index in [1.54, 1.807) is 0 Å². The number of aromatic hydroxyl groups is 1. The van der Waals surface area contributed by atoms with E-state index in [-0.39, 0.29) is 5.56 Å². The molecule has 0 atom stereocenters. The van der Waals surface area contributed by atoms with E-state index < -0.39 is 17.4 Å². The predicted molar refractivity (Wildman–Crippen MR) is 37.4 cm³/mol. The van der Waals surface area contributed by atoms with Crippen molar-refractivity contribution in [2.45, 2.75) is 0 Å². The van der Waals surface area contributed by atoms with Crippen LogP contribution in [0.3, 0.4) is 0 Å². The third-order valence-corrected chi connectivity index (χ3v) is 1.25. The number of halogens is 2. The van der Waals surface area contributed by atoms with Gasteiger partial charge in [-0.05, 0) is 12.1 Å². The van der Waals surface area contributed by atoms with E-state index >= 15 is 0 Å². The standard InChI is InChI=1S/C7H5F2NO2/c8-5-1-4(3-10-12)2-6(9)7(5)11/h1-3,11-12H/b10-3+. The van der Waals surface area contributed by atoms with Crippen molar-refractivity contribution in [1.82, 2.24) is 0 Å². The predicted octanol–water partition coefficient (Wildman–Crippen LogP) is 1.48. The minimum absolute atomic E-state index is 0.0327. The van der Waals surface area contributed by atoms with Crippen molar-refractivity contribution in [3.05, 3.63) is 29.3 Å². The van der Waals surface area contributed by atoms with E-state index in [0.29, 0.717) is 0 Å². The van der Waals surface area contributed by atoms with Crippen molar-refractivity contribution in [1.29, 1.82) is 0 Å². The molecule has 0 fully saturated rings. The summed E-state index contributed by atoms with van der Waals surface area (Å²) >= 11 is 0. The maximum atomic E-state index is 12.5. The molecule has 0 aliphatic carbocycles. The molecular formula is C7H5F2NO2. The zero-order valence-electron chi connectivity index (χ0n) is 5.83. The molecule has 1 aromatic carbocycles. The highest BCUT2D eigenvalue weighted by Crippen LogP contribution is 2.20. The number of hydrogen-bond donors (Lipinski definition) is 2. The first kappa shape index (κ1) is 8.45. The fourth-order valence-electron chi connectivity index (χ4n) is 0.726. The Hall–Kier alpha value is -1.65. The highest BCUT2D eigenvalue weighted by Gasteiger charge is 2.07. The van der Waals surface area contributed by atoms with E-state index in [9.17, 15) is 8.78 Å². The lowest BCUT2D eigenvalue weighted by molar-refractivity contribution is 0.321.